The highest BCUT2D eigenvalue weighted by Crippen LogP contribution is 2.43. The molecule has 5 atom stereocenters. The highest BCUT2D eigenvalue weighted by Gasteiger charge is 2.47. The van der Waals surface area contributed by atoms with Crippen LogP contribution in [0.5, 0.6) is 0 Å². The summed E-state index contributed by atoms with van der Waals surface area (Å²) in [6.07, 6.45) is 5.98. The van der Waals surface area contributed by atoms with Crippen LogP contribution in [0, 0.1) is 5.92 Å². The number of pyridine rings is 1. The summed E-state index contributed by atoms with van der Waals surface area (Å²) in [6.45, 7) is 7.93. The lowest BCUT2D eigenvalue weighted by Crippen LogP contribution is -2.57. The monoisotopic (exact) mass is 693 g/mol. The summed E-state index contributed by atoms with van der Waals surface area (Å²) in [5.41, 5.74) is 0.964. The highest BCUT2D eigenvalue weighted by atomic mass is 32.2. The minimum Gasteiger partial charge on any atom is -0.390 e. The van der Waals surface area contributed by atoms with Crippen molar-refractivity contribution in [1.29, 1.82) is 0 Å². The van der Waals surface area contributed by atoms with E-state index in [1.165, 1.54) is 13.2 Å². The number of aliphatic hydroxyl groups is 1. The Hall–Kier alpha value is -3.88. The Morgan fingerprint density at radius 2 is 1.94 bits per heavy atom. The first kappa shape index (κ1) is 33.6. The molecule has 7 rings (SSSR count). The van der Waals surface area contributed by atoms with E-state index in [-0.39, 0.29) is 43.0 Å². The zero-order valence-electron chi connectivity index (χ0n) is 28.0. The minimum atomic E-state index is -3.28. The number of alkyl halides is 1. The van der Waals surface area contributed by atoms with Crippen molar-refractivity contribution in [3.8, 4) is 0 Å². The van der Waals surface area contributed by atoms with Crippen molar-refractivity contribution in [3.63, 3.8) is 0 Å². The maximum absolute atomic E-state index is 14.6. The van der Waals surface area contributed by atoms with Crippen molar-refractivity contribution in [2.24, 2.45) is 5.92 Å². The van der Waals surface area contributed by atoms with Crippen LogP contribution in [0.1, 0.15) is 50.6 Å². The van der Waals surface area contributed by atoms with Crippen molar-refractivity contribution in [2.45, 2.75) is 68.2 Å². The quantitative estimate of drug-likeness (QED) is 0.332. The number of rotatable bonds is 8. The van der Waals surface area contributed by atoms with Gasteiger partial charge >= 0.3 is 0 Å². The number of carbonyl (C=O) groups is 1. The van der Waals surface area contributed by atoms with Gasteiger partial charge in [-0.2, -0.15) is 4.98 Å². The molecule has 12 nitrogen and oxygen atoms in total. The van der Waals surface area contributed by atoms with E-state index in [0.29, 0.717) is 50.2 Å². The third-order valence-corrected chi connectivity index (χ3v) is 13.0. The molecule has 4 fully saturated rings. The maximum Gasteiger partial charge on any atom is 0.246 e. The second-order valence-corrected chi connectivity index (χ2v) is 16.4. The number of likely N-dealkylation sites (tertiary alicyclic amines) is 1. The van der Waals surface area contributed by atoms with E-state index in [9.17, 15) is 22.7 Å². The fourth-order valence-electron chi connectivity index (χ4n) is 7.96. The number of piperidine rings is 1. The van der Waals surface area contributed by atoms with Gasteiger partial charge in [0.1, 0.15) is 17.8 Å². The molecule has 4 aliphatic heterocycles. The zero-order valence-corrected chi connectivity index (χ0v) is 28.8. The Morgan fingerprint density at radius 1 is 1.12 bits per heavy atom. The number of hydrogen-bond acceptors (Lipinski definition) is 11. The number of anilines is 4. The lowest BCUT2D eigenvalue weighted by molar-refractivity contribution is -0.126. The normalized spacial score (nSPS) is 28.8. The summed E-state index contributed by atoms with van der Waals surface area (Å²) >= 11 is 0. The fraction of sp³-hybridized carbons (Fsp3) is 0.543. The van der Waals surface area contributed by atoms with Gasteiger partial charge in [0.2, 0.25) is 11.9 Å². The van der Waals surface area contributed by atoms with Crippen LogP contribution in [-0.2, 0) is 19.4 Å². The fourth-order valence-corrected chi connectivity index (χ4v) is 10.4. The molecule has 6 heterocycles. The van der Waals surface area contributed by atoms with Crippen LogP contribution >= 0.6 is 0 Å². The summed E-state index contributed by atoms with van der Waals surface area (Å²) in [6, 6.07) is 7.68. The largest absolute Gasteiger partial charge is 0.390 e. The third-order valence-electron chi connectivity index (χ3n) is 10.8. The van der Waals surface area contributed by atoms with Gasteiger partial charge in [-0.25, -0.2) is 22.8 Å². The smallest absolute Gasteiger partial charge is 0.246 e. The molecule has 0 aliphatic carbocycles. The second kappa shape index (κ2) is 13.1. The Morgan fingerprint density at radius 3 is 2.69 bits per heavy atom. The number of hydrogen-bond donors (Lipinski definition) is 2. The van der Waals surface area contributed by atoms with Crippen LogP contribution in [0.4, 0.5) is 27.7 Å². The molecule has 262 valence electrons. The second-order valence-electron chi connectivity index (χ2n) is 14.1. The number of methoxy groups -OCH3 is 1. The topological polar surface area (TPSA) is 141 Å². The molecular formula is C35H44FN7O5S. The summed E-state index contributed by atoms with van der Waals surface area (Å²) in [4.78, 5) is 32.5. The summed E-state index contributed by atoms with van der Waals surface area (Å²) in [5, 5.41) is 15.2. The van der Waals surface area contributed by atoms with Gasteiger partial charge in [-0.1, -0.05) is 12.6 Å². The van der Waals surface area contributed by atoms with E-state index in [4.69, 9.17) is 9.72 Å². The van der Waals surface area contributed by atoms with Gasteiger partial charge in [0.05, 0.1) is 35.3 Å². The number of nitrogens with one attached hydrogen (secondary N) is 1. The van der Waals surface area contributed by atoms with Crippen LogP contribution in [0.3, 0.4) is 0 Å². The Balaban J connectivity index is 1.18. The van der Waals surface area contributed by atoms with E-state index in [1.54, 1.807) is 19.2 Å². The van der Waals surface area contributed by atoms with Crippen molar-refractivity contribution in [3.05, 3.63) is 54.9 Å². The molecule has 0 radical (unpaired) electrons. The molecule has 14 heteroatoms. The summed E-state index contributed by atoms with van der Waals surface area (Å²) in [7, 11) is -1.76. The standard InChI is InChI=1S/C35H44FN7O5S/c1-4-33(44)43-13-5-6-28(43)23-7-8-27(42-19-22(20-42)30-17-35(2,45)11-15-49(30,46)47)25-18-38-32(16-24(23)25)39-31-9-12-37-34(40-31)41-14-10-29(48-3)26(36)21-41/h4,7-9,12,16,18,22,26,28-30,45H,1,5-6,10-11,13-15,17,19-21H2,2-3H3,(H,37,38,39,40)/t26-,28-,29+,30+,35-/m0/s1. The Bertz CT molecular complexity index is 1850. The predicted molar refractivity (Wildman–Crippen MR) is 187 cm³/mol. The number of amides is 1. The molecule has 4 saturated heterocycles. The van der Waals surface area contributed by atoms with Gasteiger partial charge in [0.15, 0.2) is 9.84 Å². The van der Waals surface area contributed by atoms with Gasteiger partial charge in [0, 0.05) is 62.7 Å². The lowest BCUT2D eigenvalue weighted by Gasteiger charge is -2.47. The van der Waals surface area contributed by atoms with Crippen molar-refractivity contribution >= 4 is 49.8 Å². The van der Waals surface area contributed by atoms with Crippen molar-refractivity contribution in [1.82, 2.24) is 19.9 Å². The molecule has 2 aromatic heterocycles. The molecule has 0 saturated carbocycles. The Labute approximate surface area is 286 Å². The number of ether oxygens (including phenoxy) is 1. The molecule has 49 heavy (non-hydrogen) atoms. The molecule has 4 aliphatic rings. The van der Waals surface area contributed by atoms with E-state index in [0.717, 1.165) is 34.9 Å². The third kappa shape index (κ3) is 6.57. The minimum absolute atomic E-state index is 0.0102. The van der Waals surface area contributed by atoms with E-state index >= 15 is 0 Å². The molecule has 0 bridgehead atoms. The number of sulfone groups is 1. The number of benzene rings is 1. The average Bonchev–Trinajstić information content (AvgIpc) is 3.55. The van der Waals surface area contributed by atoms with Crippen LogP contribution in [0.15, 0.2) is 49.3 Å². The first-order chi connectivity index (χ1) is 23.5. The van der Waals surface area contributed by atoms with E-state index < -0.39 is 33.0 Å². The SMILES string of the molecule is C=CC(=O)N1CCC[C@H]1c1ccc(N2CC([C@H]3C[C@@](C)(O)CCS3(=O)=O)C2)c2cnc(Nc3ccnc(N4CC[C@@H](OC)[C@@H](F)C4)n3)cc12. The first-order valence-electron chi connectivity index (χ1n) is 17.0. The van der Waals surface area contributed by atoms with Crippen LogP contribution < -0.4 is 15.1 Å². The average molecular weight is 694 g/mol. The molecular weight excluding hydrogens is 649 g/mol. The number of carbonyl (C=O) groups excluding carboxylic acids is 1. The molecule has 0 unspecified atom stereocenters. The molecule has 0 spiro atoms. The van der Waals surface area contributed by atoms with Crippen LogP contribution in [0.2, 0.25) is 0 Å². The van der Waals surface area contributed by atoms with Gasteiger partial charge < -0.3 is 29.9 Å². The molecule has 1 amide bonds. The number of halogens is 1. The lowest BCUT2D eigenvalue weighted by atomic mass is 9.86. The summed E-state index contributed by atoms with van der Waals surface area (Å²) in [5.74, 6) is 1.31. The first-order valence-corrected chi connectivity index (χ1v) is 18.7. The Kier molecular flexibility index (Phi) is 8.99. The number of nitrogens with zero attached hydrogens (tertiary/aromatic N) is 6. The van der Waals surface area contributed by atoms with Crippen LogP contribution in [-0.4, -0.2) is 108 Å². The van der Waals surface area contributed by atoms with Gasteiger partial charge in [-0.05, 0) is 74.3 Å². The van der Waals surface area contributed by atoms with Crippen molar-refractivity contribution in [2.75, 3.05) is 60.7 Å². The van der Waals surface area contributed by atoms with E-state index in [1.807, 2.05) is 28.1 Å². The predicted octanol–water partition coefficient (Wildman–Crippen LogP) is 3.95. The maximum atomic E-state index is 14.6. The molecule has 1 aromatic carbocycles. The van der Waals surface area contributed by atoms with Gasteiger partial charge in [0.25, 0.3) is 0 Å². The van der Waals surface area contributed by atoms with Crippen molar-refractivity contribution < 1.29 is 27.4 Å². The number of aromatic nitrogens is 3. The number of fused-ring (bicyclic) bond motifs is 1. The molecule has 2 N–H and O–H groups in total. The van der Waals surface area contributed by atoms with Gasteiger partial charge in [-0.15, -0.1) is 0 Å². The van der Waals surface area contributed by atoms with E-state index in [2.05, 4.69) is 32.8 Å². The highest BCUT2D eigenvalue weighted by molar-refractivity contribution is 7.92. The molecule has 3 aromatic rings. The zero-order chi connectivity index (χ0) is 34.5. The summed E-state index contributed by atoms with van der Waals surface area (Å²) < 4.78 is 45.8. The van der Waals surface area contributed by atoms with Crippen LogP contribution in [0.25, 0.3) is 10.8 Å². The van der Waals surface area contributed by atoms with Gasteiger partial charge in [-0.3, -0.25) is 4.79 Å².